The number of hydrogen-bond acceptors (Lipinski definition) is 4. The zero-order chi connectivity index (χ0) is 12.9. The van der Waals surface area contributed by atoms with Crippen molar-refractivity contribution in [3.8, 4) is 0 Å². The van der Waals surface area contributed by atoms with Crippen molar-refractivity contribution < 1.29 is 14.4 Å². The standard InChI is InChI=1S/C9H14N3O4P/c10-8-4-6-12(9(13)11-8)5-2-1-3-7-17(14,15)16/h3-4,6-7H,1-2,5H2,(H2,10,11,13)(H2,14,15,16). The van der Waals surface area contributed by atoms with Crippen LogP contribution in [0.15, 0.2) is 29.0 Å². The highest BCUT2D eigenvalue weighted by Crippen LogP contribution is 2.36. The van der Waals surface area contributed by atoms with Gasteiger partial charge in [-0.1, -0.05) is 6.08 Å². The predicted octanol–water partition coefficient (Wildman–Crippen LogP) is 0.297. The molecule has 94 valence electrons. The number of nitrogens with two attached hydrogens (primary N) is 1. The number of anilines is 1. The van der Waals surface area contributed by atoms with E-state index in [9.17, 15) is 9.36 Å². The molecule has 0 aliphatic rings. The smallest absolute Gasteiger partial charge is 0.349 e. The Morgan fingerprint density at radius 1 is 1.53 bits per heavy atom. The summed E-state index contributed by atoms with van der Waals surface area (Å²) in [5.74, 6) is 1.03. The molecule has 1 heterocycles. The van der Waals surface area contributed by atoms with Crippen LogP contribution in [0.25, 0.3) is 0 Å². The fourth-order valence-electron chi connectivity index (χ4n) is 1.20. The molecule has 0 amide bonds. The fraction of sp³-hybridized carbons (Fsp3) is 0.333. The van der Waals surface area contributed by atoms with Crippen LogP contribution in [-0.4, -0.2) is 19.3 Å². The SMILES string of the molecule is Nc1ccn(CCCC=CP(=O)(O)O)c(=O)n1. The molecule has 0 unspecified atom stereocenters. The second-order valence-electron chi connectivity index (χ2n) is 3.44. The monoisotopic (exact) mass is 259 g/mol. The summed E-state index contributed by atoms with van der Waals surface area (Å²) in [4.78, 5) is 32.0. The van der Waals surface area contributed by atoms with Crippen molar-refractivity contribution in [1.82, 2.24) is 9.55 Å². The second-order valence-corrected chi connectivity index (χ2v) is 4.92. The van der Waals surface area contributed by atoms with Crippen LogP contribution in [0.1, 0.15) is 12.8 Å². The van der Waals surface area contributed by atoms with Crippen molar-refractivity contribution in [2.45, 2.75) is 19.4 Å². The van der Waals surface area contributed by atoms with Crippen molar-refractivity contribution >= 4 is 13.4 Å². The molecule has 0 aromatic carbocycles. The highest BCUT2D eigenvalue weighted by molar-refractivity contribution is 7.55. The zero-order valence-electron chi connectivity index (χ0n) is 9.06. The first-order chi connectivity index (χ1) is 7.88. The summed E-state index contributed by atoms with van der Waals surface area (Å²) >= 11 is 0. The molecule has 0 fully saturated rings. The molecule has 0 saturated heterocycles. The Morgan fingerprint density at radius 2 is 2.24 bits per heavy atom. The lowest BCUT2D eigenvalue weighted by Crippen LogP contribution is -2.23. The van der Waals surface area contributed by atoms with Crippen molar-refractivity contribution in [1.29, 1.82) is 0 Å². The molecule has 0 bridgehead atoms. The molecule has 1 rings (SSSR count). The van der Waals surface area contributed by atoms with Crippen LogP contribution in [-0.2, 0) is 11.1 Å². The van der Waals surface area contributed by atoms with Crippen molar-refractivity contribution in [2.24, 2.45) is 0 Å². The summed E-state index contributed by atoms with van der Waals surface area (Å²) in [6.45, 7) is 0.428. The van der Waals surface area contributed by atoms with E-state index in [0.29, 0.717) is 19.4 Å². The molecular weight excluding hydrogens is 245 g/mol. The Kier molecular flexibility index (Phi) is 4.62. The summed E-state index contributed by atoms with van der Waals surface area (Å²) in [7, 11) is -4.07. The molecule has 1 aromatic heterocycles. The molecule has 17 heavy (non-hydrogen) atoms. The van der Waals surface area contributed by atoms with E-state index in [1.54, 1.807) is 0 Å². The lowest BCUT2D eigenvalue weighted by Gasteiger charge is -2.03. The third-order valence-corrected chi connectivity index (χ3v) is 2.56. The molecule has 0 aliphatic carbocycles. The highest BCUT2D eigenvalue weighted by atomic mass is 31.2. The maximum atomic E-state index is 11.3. The van der Waals surface area contributed by atoms with Gasteiger partial charge in [-0.15, -0.1) is 0 Å². The first kappa shape index (κ1) is 13.6. The summed E-state index contributed by atoms with van der Waals surface area (Å²) in [5.41, 5.74) is 4.90. The van der Waals surface area contributed by atoms with Crippen LogP contribution >= 0.6 is 7.60 Å². The van der Waals surface area contributed by atoms with E-state index in [0.717, 1.165) is 5.82 Å². The van der Waals surface area contributed by atoms with E-state index >= 15 is 0 Å². The topological polar surface area (TPSA) is 118 Å². The molecule has 1 aromatic rings. The van der Waals surface area contributed by atoms with Gasteiger partial charge < -0.3 is 15.5 Å². The average molecular weight is 259 g/mol. The number of allylic oxidation sites excluding steroid dienone is 1. The minimum absolute atomic E-state index is 0.174. The Bertz CT molecular complexity index is 505. The molecule has 7 nitrogen and oxygen atoms in total. The van der Waals surface area contributed by atoms with Gasteiger partial charge in [0.2, 0.25) is 0 Å². The molecule has 0 saturated carbocycles. The molecular formula is C9H14N3O4P. The van der Waals surface area contributed by atoms with E-state index in [2.05, 4.69) is 4.98 Å². The van der Waals surface area contributed by atoms with E-state index in [1.165, 1.54) is 22.9 Å². The van der Waals surface area contributed by atoms with Crippen LogP contribution in [0.2, 0.25) is 0 Å². The molecule has 0 aliphatic heterocycles. The van der Waals surface area contributed by atoms with Gasteiger partial charge in [-0.25, -0.2) is 4.79 Å². The number of nitrogen functional groups attached to an aromatic ring is 1. The minimum atomic E-state index is -4.07. The fourth-order valence-corrected chi connectivity index (χ4v) is 1.63. The Labute approximate surface area is 97.8 Å². The number of hydrogen-bond donors (Lipinski definition) is 3. The third-order valence-electron chi connectivity index (χ3n) is 1.97. The number of aromatic nitrogens is 2. The normalized spacial score (nSPS) is 12.1. The van der Waals surface area contributed by atoms with Gasteiger partial charge in [0.1, 0.15) is 5.82 Å². The first-order valence-corrected chi connectivity index (χ1v) is 6.62. The van der Waals surface area contributed by atoms with Gasteiger partial charge in [-0.05, 0) is 18.9 Å². The zero-order valence-corrected chi connectivity index (χ0v) is 9.96. The predicted molar refractivity (Wildman–Crippen MR) is 63.3 cm³/mol. The summed E-state index contributed by atoms with van der Waals surface area (Å²) < 4.78 is 11.9. The quantitative estimate of drug-likeness (QED) is 0.516. The molecule has 4 N–H and O–H groups in total. The maximum absolute atomic E-state index is 11.3. The van der Waals surface area contributed by atoms with Crippen LogP contribution < -0.4 is 11.4 Å². The lowest BCUT2D eigenvalue weighted by atomic mass is 10.3. The van der Waals surface area contributed by atoms with E-state index in [1.807, 2.05) is 0 Å². The number of rotatable bonds is 5. The highest BCUT2D eigenvalue weighted by Gasteiger charge is 2.04. The molecule has 8 heteroatoms. The van der Waals surface area contributed by atoms with Crippen LogP contribution in [0, 0.1) is 0 Å². The maximum Gasteiger partial charge on any atom is 0.349 e. The lowest BCUT2D eigenvalue weighted by molar-refractivity contribution is 0.386. The van der Waals surface area contributed by atoms with Crippen molar-refractivity contribution in [3.05, 3.63) is 34.6 Å². The van der Waals surface area contributed by atoms with E-state index < -0.39 is 13.3 Å². The molecule has 0 radical (unpaired) electrons. The van der Waals surface area contributed by atoms with Crippen LogP contribution in [0.4, 0.5) is 5.82 Å². The van der Waals surface area contributed by atoms with Crippen molar-refractivity contribution in [3.63, 3.8) is 0 Å². The van der Waals surface area contributed by atoms with Gasteiger partial charge in [0.25, 0.3) is 0 Å². The molecule has 0 spiro atoms. The Morgan fingerprint density at radius 3 is 2.82 bits per heavy atom. The number of nitrogens with zero attached hydrogens (tertiary/aromatic N) is 2. The average Bonchev–Trinajstić information content (AvgIpc) is 2.18. The van der Waals surface area contributed by atoms with Crippen LogP contribution in [0.5, 0.6) is 0 Å². The van der Waals surface area contributed by atoms with E-state index in [4.69, 9.17) is 15.5 Å². The van der Waals surface area contributed by atoms with Gasteiger partial charge >= 0.3 is 13.3 Å². The van der Waals surface area contributed by atoms with Crippen molar-refractivity contribution in [2.75, 3.05) is 5.73 Å². The summed E-state index contributed by atoms with van der Waals surface area (Å²) in [6.07, 6.45) is 4.00. The van der Waals surface area contributed by atoms with E-state index in [-0.39, 0.29) is 5.82 Å². The molecule has 0 atom stereocenters. The van der Waals surface area contributed by atoms with Gasteiger partial charge in [-0.3, -0.25) is 9.13 Å². The van der Waals surface area contributed by atoms with Gasteiger partial charge in [0.15, 0.2) is 0 Å². The third kappa shape index (κ3) is 5.44. The number of unbranched alkanes of at least 4 members (excludes halogenated alkanes) is 1. The van der Waals surface area contributed by atoms with Gasteiger partial charge in [0.05, 0.1) is 0 Å². The summed E-state index contributed by atoms with van der Waals surface area (Å²) in [6, 6.07) is 1.52. The number of aryl methyl sites for hydroxylation is 1. The van der Waals surface area contributed by atoms with Gasteiger partial charge in [-0.2, -0.15) is 4.98 Å². The largest absolute Gasteiger partial charge is 0.383 e. The summed E-state index contributed by atoms with van der Waals surface area (Å²) in [5, 5.41) is 0. The van der Waals surface area contributed by atoms with Gasteiger partial charge in [0, 0.05) is 18.6 Å². The Hall–Kier alpha value is -1.43. The first-order valence-electron chi connectivity index (χ1n) is 4.94. The van der Waals surface area contributed by atoms with Crippen LogP contribution in [0.3, 0.4) is 0 Å². The Balaban J connectivity index is 2.44. The minimum Gasteiger partial charge on any atom is -0.383 e. The second kappa shape index (κ2) is 5.77.